The molecule has 0 saturated carbocycles. The van der Waals surface area contributed by atoms with Crippen LogP contribution in [0.25, 0.3) is 0 Å². The van der Waals surface area contributed by atoms with E-state index in [0.717, 1.165) is 36.6 Å². The number of benzene rings is 1. The zero-order valence-corrected chi connectivity index (χ0v) is 13.0. The Morgan fingerprint density at radius 3 is 2.75 bits per heavy atom. The zero-order valence-electron chi connectivity index (χ0n) is 13.0. The average molecular weight is 275 g/mol. The van der Waals surface area contributed by atoms with E-state index in [1.807, 2.05) is 25.1 Å². The molecule has 0 unspecified atom stereocenters. The van der Waals surface area contributed by atoms with Crippen LogP contribution in [0.15, 0.2) is 18.2 Å². The lowest BCUT2D eigenvalue weighted by Gasteiger charge is -2.14. The third-order valence-electron chi connectivity index (χ3n) is 2.80. The highest BCUT2D eigenvalue weighted by molar-refractivity contribution is 5.40. The van der Waals surface area contributed by atoms with E-state index in [1.54, 1.807) is 7.11 Å². The first-order valence-corrected chi connectivity index (χ1v) is 7.07. The van der Waals surface area contributed by atoms with Crippen molar-refractivity contribution in [3.63, 3.8) is 0 Å². The Balaban J connectivity index is 2.66. The van der Waals surface area contributed by atoms with Crippen molar-refractivity contribution in [3.05, 3.63) is 23.8 Å². The summed E-state index contributed by atoms with van der Waals surface area (Å²) < 4.78 is 11.1. The first-order valence-electron chi connectivity index (χ1n) is 7.07. The molecule has 3 heteroatoms. The second-order valence-electron chi connectivity index (χ2n) is 5.02. The number of hydrogen-bond donors (Lipinski definition) is 1. The van der Waals surface area contributed by atoms with Gasteiger partial charge in [0.1, 0.15) is 11.5 Å². The van der Waals surface area contributed by atoms with E-state index in [9.17, 15) is 0 Å². The summed E-state index contributed by atoms with van der Waals surface area (Å²) in [5.41, 5.74) is 1.15. The molecule has 110 valence electrons. The number of ether oxygens (including phenoxy) is 2. The molecule has 3 nitrogen and oxygen atoms in total. The first kappa shape index (κ1) is 16.4. The van der Waals surface area contributed by atoms with E-state index in [1.165, 1.54) is 0 Å². The maximum Gasteiger partial charge on any atom is 0.127 e. The highest BCUT2D eigenvalue weighted by Gasteiger charge is 2.06. The van der Waals surface area contributed by atoms with Gasteiger partial charge in [0.15, 0.2) is 0 Å². The molecule has 0 atom stereocenters. The molecule has 0 aliphatic rings. The lowest BCUT2D eigenvalue weighted by Crippen LogP contribution is -2.19. The normalized spacial score (nSPS) is 10.1. The number of rotatable bonds is 8. The van der Waals surface area contributed by atoms with E-state index >= 15 is 0 Å². The Kier molecular flexibility index (Phi) is 7.60. The van der Waals surface area contributed by atoms with Crippen LogP contribution in [0.2, 0.25) is 0 Å². The molecule has 0 heterocycles. The van der Waals surface area contributed by atoms with Gasteiger partial charge in [-0.2, -0.15) is 0 Å². The molecule has 0 spiro atoms. The van der Waals surface area contributed by atoms with Crippen LogP contribution < -0.4 is 14.8 Å². The fourth-order valence-electron chi connectivity index (χ4n) is 1.77. The molecule has 1 N–H and O–H groups in total. The molecule has 20 heavy (non-hydrogen) atoms. The van der Waals surface area contributed by atoms with Crippen LogP contribution in [-0.4, -0.2) is 20.3 Å². The smallest absolute Gasteiger partial charge is 0.127 e. The Hall–Kier alpha value is -1.66. The third-order valence-corrected chi connectivity index (χ3v) is 2.80. The molecule has 0 radical (unpaired) electrons. The molecule has 0 bridgehead atoms. The fraction of sp³-hybridized carbons (Fsp3) is 0.529. The van der Waals surface area contributed by atoms with Crippen molar-refractivity contribution in [1.82, 2.24) is 5.32 Å². The zero-order chi connectivity index (χ0) is 14.8. The van der Waals surface area contributed by atoms with Gasteiger partial charge < -0.3 is 14.8 Å². The van der Waals surface area contributed by atoms with Crippen molar-refractivity contribution >= 4 is 0 Å². The van der Waals surface area contributed by atoms with Gasteiger partial charge in [0.2, 0.25) is 0 Å². The summed E-state index contributed by atoms with van der Waals surface area (Å²) in [7, 11) is 1.67. The van der Waals surface area contributed by atoms with E-state index in [-0.39, 0.29) is 0 Å². The first-order chi connectivity index (χ1) is 9.67. The highest BCUT2D eigenvalue weighted by atomic mass is 16.5. The SMILES string of the molecule is CC#CCCOc1cc(OC)ccc1CNCC(C)C. The van der Waals surface area contributed by atoms with Gasteiger partial charge in [-0.3, -0.25) is 0 Å². The fourth-order valence-corrected chi connectivity index (χ4v) is 1.77. The molecule has 1 aromatic carbocycles. The van der Waals surface area contributed by atoms with Crippen molar-refractivity contribution in [3.8, 4) is 23.3 Å². The lowest BCUT2D eigenvalue weighted by atomic mass is 10.1. The minimum atomic E-state index is 0.602. The van der Waals surface area contributed by atoms with E-state index < -0.39 is 0 Å². The molecule has 0 aliphatic heterocycles. The van der Waals surface area contributed by atoms with Crippen molar-refractivity contribution < 1.29 is 9.47 Å². The van der Waals surface area contributed by atoms with Gasteiger partial charge in [-0.15, -0.1) is 11.8 Å². The van der Waals surface area contributed by atoms with Crippen LogP contribution in [-0.2, 0) is 6.54 Å². The molecular formula is C17H25NO2. The topological polar surface area (TPSA) is 30.5 Å². The number of nitrogens with one attached hydrogen (secondary N) is 1. The standard InChI is InChI=1S/C17H25NO2/c1-5-6-7-10-20-17-11-16(19-4)9-8-15(17)13-18-12-14(2)3/h8-9,11,14,18H,7,10,12-13H2,1-4H3. The molecule has 1 rings (SSSR count). The van der Waals surface area contributed by atoms with Crippen molar-refractivity contribution in [2.24, 2.45) is 5.92 Å². The summed E-state index contributed by atoms with van der Waals surface area (Å²) in [5, 5.41) is 3.43. The maximum atomic E-state index is 5.82. The summed E-state index contributed by atoms with van der Waals surface area (Å²) in [4.78, 5) is 0. The average Bonchev–Trinajstić information content (AvgIpc) is 2.44. The van der Waals surface area contributed by atoms with Crippen molar-refractivity contribution in [2.45, 2.75) is 33.7 Å². The van der Waals surface area contributed by atoms with Gasteiger partial charge in [0.25, 0.3) is 0 Å². The van der Waals surface area contributed by atoms with Crippen molar-refractivity contribution in [1.29, 1.82) is 0 Å². The number of hydrogen-bond acceptors (Lipinski definition) is 3. The van der Waals surface area contributed by atoms with E-state index in [4.69, 9.17) is 9.47 Å². The van der Waals surface area contributed by atoms with Crippen LogP contribution in [0, 0.1) is 17.8 Å². The Morgan fingerprint density at radius 2 is 2.10 bits per heavy atom. The minimum absolute atomic E-state index is 0.602. The quantitative estimate of drug-likeness (QED) is 0.583. The van der Waals surface area contributed by atoms with Gasteiger partial charge in [-0.05, 0) is 25.5 Å². The highest BCUT2D eigenvalue weighted by Crippen LogP contribution is 2.25. The van der Waals surface area contributed by atoms with Gasteiger partial charge in [0.05, 0.1) is 13.7 Å². The van der Waals surface area contributed by atoms with E-state index in [0.29, 0.717) is 12.5 Å². The van der Waals surface area contributed by atoms with Gasteiger partial charge in [0, 0.05) is 24.6 Å². The van der Waals surface area contributed by atoms with Crippen LogP contribution in [0.4, 0.5) is 0 Å². The molecular weight excluding hydrogens is 250 g/mol. The van der Waals surface area contributed by atoms with Crippen LogP contribution >= 0.6 is 0 Å². The lowest BCUT2D eigenvalue weighted by molar-refractivity contribution is 0.319. The van der Waals surface area contributed by atoms with Gasteiger partial charge in [-0.1, -0.05) is 19.9 Å². The summed E-state index contributed by atoms with van der Waals surface area (Å²) >= 11 is 0. The molecule has 0 saturated heterocycles. The third kappa shape index (κ3) is 5.99. The Morgan fingerprint density at radius 1 is 1.30 bits per heavy atom. The molecule has 0 aliphatic carbocycles. The molecule has 0 fully saturated rings. The minimum Gasteiger partial charge on any atom is -0.497 e. The van der Waals surface area contributed by atoms with Gasteiger partial charge >= 0.3 is 0 Å². The van der Waals surface area contributed by atoms with Crippen LogP contribution in [0.3, 0.4) is 0 Å². The summed E-state index contributed by atoms with van der Waals surface area (Å²) in [5.74, 6) is 8.20. The van der Waals surface area contributed by atoms with Gasteiger partial charge in [-0.25, -0.2) is 0 Å². The molecule has 0 amide bonds. The second-order valence-corrected chi connectivity index (χ2v) is 5.02. The summed E-state index contributed by atoms with van der Waals surface area (Å²) in [6.07, 6.45) is 0.743. The summed E-state index contributed by atoms with van der Waals surface area (Å²) in [6.45, 7) is 8.63. The van der Waals surface area contributed by atoms with E-state index in [2.05, 4.69) is 31.0 Å². The predicted octanol–water partition coefficient (Wildman–Crippen LogP) is 3.23. The monoisotopic (exact) mass is 275 g/mol. The molecule has 1 aromatic rings. The Labute approximate surface area is 122 Å². The summed E-state index contributed by atoms with van der Waals surface area (Å²) in [6, 6.07) is 5.95. The predicted molar refractivity (Wildman–Crippen MR) is 83.1 cm³/mol. The maximum absolute atomic E-state index is 5.82. The Bertz CT molecular complexity index is 458. The second kappa shape index (κ2) is 9.28. The molecule has 0 aromatic heterocycles. The van der Waals surface area contributed by atoms with Crippen LogP contribution in [0.5, 0.6) is 11.5 Å². The van der Waals surface area contributed by atoms with Crippen LogP contribution in [0.1, 0.15) is 32.8 Å². The largest absolute Gasteiger partial charge is 0.497 e. The number of methoxy groups -OCH3 is 1. The van der Waals surface area contributed by atoms with Crippen molar-refractivity contribution in [2.75, 3.05) is 20.3 Å².